The van der Waals surface area contributed by atoms with E-state index in [2.05, 4.69) is 15.4 Å². The summed E-state index contributed by atoms with van der Waals surface area (Å²) in [5.41, 5.74) is 3.54. The number of rotatable bonds is 7. The van der Waals surface area contributed by atoms with Gasteiger partial charge in [-0.25, -0.2) is 14.3 Å². The molecule has 6 N–H and O–H groups in total. The zero-order valence-corrected chi connectivity index (χ0v) is 19.1. The fourth-order valence-corrected chi connectivity index (χ4v) is 4.21. The SMILES string of the molecule is CC(=O)c1ccc(NS(=O)(=O)c2ccc(NC(=S)Nc3ccccc3)cc2)cc1C(=O)NN. The van der Waals surface area contributed by atoms with Crippen molar-refractivity contribution in [3.05, 3.63) is 83.9 Å². The number of sulfonamides is 1. The highest BCUT2D eigenvalue weighted by Crippen LogP contribution is 2.22. The van der Waals surface area contributed by atoms with Crippen LogP contribution in [0.15, 0.2) is 77.7 Å². The normalized spacial score (nSPS) is 10.7. The summed E-state index contributed by atoms with van der Waals surface area (Å²) in [6, 6.07) is 19.3. The van der Waals surface area contributed by atoms with Crippen molar-refractivity contribution in [1.29, 1.82) is 0 Å². The number of carbonyl (C=O) groups is 2. The van der Waals surface area contributed by atoms with E-state index in [-0.39, 0.29) is 27.5 Å². The first-order chi connectivity index (χ1) is 15.7. The summed E-state index contributed by atoms with van der Waals surface area (Å²) in [5.74, 6) is 4.10. The van der Waals surface area contributed by atoms with Crippen molar-refractivity contribution in [1.82, 2.24) is 5.43 Å². The molecule has 0 radical (unpaired) electrons. The van der Waals surface area contributed by atoms with Crippen molar-refractivity contribution in [3.63, 3.8) is 0 Å². The fraction of sp³-hybridized carbons (Fsp3) is 0.0455. The highest BCUT2D eigenvalue weighted by atomic mass is 32.2. The molecule has 0 saturated carbocycles. The number of hydrogen-bond acceptors (Lipinski definition) is 6. The molecular weight excluding hydrogens is 462 g/mol. The van der Waals surface area contributed by atoms with E-state index in [0.717, 1.165) is 5.69 Å². The molecule has 0 aliphatic carbocycles. The Balaban J connectivity index is 1.73. The number of hydrogen-bond donors (Lipinski definition) is 5. The van der Waals surface area contributed by atoms with E-state index in [1.54, 1.807) is 12.1 Å². The molecule has 0 aliphatic rings. The van der Waals surface area contributed by atoms with Gasteiger partial charge in [0.25, 0.3) is 15.9 Å². The number of carbonyl (C=O) groups excluding carboxylic acids is 2. The third kappa shape index (κ3) is 6.13. The van der Waals surface area contributed by atoms with Gasteiger partial charge in [0.2, 0.25) is 0 Å². The number of anilines is 3. The average molecular weight is 484 g/mol. The van der Waals surface area contributed by atoms with Gasteiger partial charge in [0.15, 0.2) is 10.9 Å². The smallest absolute Gasteiger partial charge is 0.265 e. The van der Waals surface area contributed by atoms with Crippen molar-refractivity contribution in [2.75, 3.05) is 15.4 Å². The number of nitrogens with two attached hydrogens (primary N) is 1. The van der Waals surface area contributed by atoms with Gasteiger partial charge in [0, 0.05) is 22.6 Å². The van der Waals surface area contributed by atoms with Crippen molar-refractivity contribution in [2.24, 2.45) is 5.84 Å². The van der Waals surface area contributed by atoms with Crippen LogP contribution in [0.3, 0.4) is 0 Å². The first kappa shape index (κ1) is 23.9. The fourth-order valence-electron chi connectivity index (χ4n) is 2.93. The highest BCUT2D eigenvalue weighted by molar-refractivity contribution is 7.92. The molecule has 0 aliphatic heterocycles. The maximum atomic E-state index is 12.8. The molecule has 0 unspecified atom stereocenters. The number of nitrogens with one attached hydrogen (secondary N) is 4. The second-order valence-corrected chi connectivity index (χ2v) is 8.96. The van der Waals surface area contributed by atoms with E-state index in [0.29, 0.717) is 10.8 Å². The third-order valence-electron chi connectivity index (χ3n) is 4.48. The summed E-state index contributed by atoms with van der Waals surface area (Å²) in [7, 11) is -3.96. The molecule has 0 saturated heterocycles. The van der Waals surface area contributed by atoms with Gasteiger partial charge in [-0.2, -0.15) is 0 Å². The average Bonchev–Trinajstić information content (AvgIpc) is 2.79. The first-order valence-electron chi connectivity index (χ1n) is 9.61. The number of ketones is 1. The van der Waals surface area contributed by atoms with Crippen LogP contribution in [0, 0.1) is 0 Å². The minimum Gasteiger partial charge on any atom is -0.332 e. The molecule has 0 spiro atoms. The Labute approximate surface area is 196 Å². The zero-order chi connectivity index (χ0) is 24.0. The number of nitrogen functional groups attached to an aromatic ring is 1. The van der Waals surface area contributed by atoms with Crippen LogP contribution in [0.2, 0.25) is 0 Å². The number of para-hydroxylation sites is 1. The molecule has 3 aromatic rings. The number of Topliss-reactive ketones (excluding diaryl/α,β-unsaturated/α-hetero) is 1. The largest absolute Gasteiger partial charge is 0.332 e. The lowest BCUT2D eigenvalue weighted by atomic mass is 10.0. The van der Waals surface area contributed by atoms with E-state index >= 15 is 0 Å². The highest BCUT2D eigenvalue weighted by Gasteiger charge is 2.18. The van der Waals surface area contributed by atoms with Gasteiger partial charge >= 0.3 is 0 Å². The van der Waals surface area contributed by atoms with Crippen molar-refractivity contribution in [3.8, 4) is 0 Å². The van der Waals surface area contributed by atoms with Crippen LogP contribution in [-0.4, -0.2) is 25.2 Å². The van der Waals surface area contributed by atoms with E-state index in [4.69, 9.17) is 18.1 Å². The monoisotopic (exact) mass is 483 g/mol. The molecule has 9 nitrogen and oxygen atoms in total. The van der Waals surface area contributed by atoms with E-state index in [9.17, 15) is 18.0 Å². The third-order valence-corrected chi connectivity index (χ3v) is 6.08. The molecule has 0 atom stereocenters. The molecule has 3 rings (SSSR count). The van der Waals surface area contributed by atoms with Gasteiger partial charge in [0.1, 0.15) is 0 Å². The van der Waals surface area contributed by atoms with Crippen LogP contribution in [0.1, 0.15) is 27.6 Å². The lowest BCUT2D eigenvalue weighted by Gasteiger charge is -2.13. The first-order valence-corrected chi connectivity index (χ1v) is 11.5. The van der Waals surface area contributed by atoms with Crippen LogP contribution >= 0.6 is 12.2 Å². The van der Waals surface area contributed by atoms with Gasteiger partial charge in [-0.15, -0.1) is 0 Å². The van der Waals surface area contributed by atoms with Crippen LogP contribution < -0.4 is 26.6 Å². The zero-order valence-electron chi connectivity index (χ0n) is 17.5. The van der Waals surface area contributed by atoms with Gasteiger partial charge < -0.3 is 10.6 Å². The van der Waals surface area contributed by atoms with Crippen molar-refractivity contribution >= 4 is 56.1 Å². The molecular formula is C22H21N5O4S2. The van der Waals surface area contributed by atoms with Crippen LogP contribution in [0.5, 0.6) is 0 Å². The Morgan fingerprint density at radius 2 is 1.39 bits per heavy atom. The number of benzene rings is 3. The molecule has 170 valence electrons. The summed E-state index contributed by atoms with van der Waals surface area (Å²) in [6.07, 6.45) is 0. The summed E-state index contributed by atoms with van der Waals surface area (Å²) < 4.78 is 28.0. The maximum absolute atomic E-state index is 12.8. The van der Waals surface area contributed by atoms with E-state index in [1.165, 1.54) is 37.3 Å². The quantitative estimate of drug-likeness (QED) is 0.113. The standard InChI is InChI=1S/C22H21N5O4S2/c1-14(28)19-12-9-17(13-20(19)21(29)26-23)27-33(30,31)18-10-7-16(8-11-18)25-22(32)24-15-5-3-2-4-6-15/h2-13,27H,23H2,1H3,(H,26,29)(H2,24,25,32). The van der Waals surface area contributed by atoms with Crippen LogP contribution in [0.4, 0.5) is 17.1 Å². The molecule has 1 amide bonds. The molecule has 3 aromatic carbocycles. The van der Waals surface area contributed by atoms with E-state index < -0.39 is 15.9 Å². The molecule has 0 bridgehead atoms. The Hall–Kier alpha value is -3.80. The Kier molecular flexibility index (Phi) is 7.38. The molecule has 0 fully saturated rings. The molecule has 33 heavy (non-hydrogen) atoms. The number of thiocarbonyl (C=S) groups is 1. The predicted molar refractivity (Wildman–Crippen MR) is 132 cm³/mol. The topological polar surface area (TPSA) is 142 Å². The van der Waals surface area contributed by atoms with Crippen LogP contribution in [0.25, 0.3) is 0 Å². The van der Waals surface area contributed by atoms with Gasteiger partial charge in [-0.05, 0) is 73.7 Å². The minimum atomic E-state index is -3.96. The second kappa shape index (κ2) is 10.2. The summed E-state index contributed by atoms with van der Waals surface area (Å²) in [6.45, 7) is 1.29. The minimum absolute atomic E-state index is 0.00421. The van der Waals surface area contributed by atoms with Crippen LogP contribution in [-0.2, 0) is 10.0 Å². The molecule has 0 heterocycles. The van der Waals surface area contributed by atoms with Gasteiger partial charge in [0.05, 0.1) is 10.5 Å². The lowest BCUT2D eigenvalue weighted by Crippen LogP contribution is -2.31. The summed E-state index contributed by atoms with van der Waals surface area (Å²) in [4.78, 5) is 23.7. The molecule has 11 heteroatoms. The Morgan fingerprint density at radius 1 is 0.818 bits per heavy atom. The molecule has 0 aromatic heterocycles. The number of hydrazine groups is 1. The van der Waals surface area contributed by atoms with E-state index in [1.807, 2.05) is 35.8 Å². The summed E-state index contributed by atoms with van der Waals surface area (Å²) >= 11 is 5.26. The predicted octanol–water partition coefficient (Wildman–Crippen LogP) is 3.10. The second-order valence-electron chi connectivity index (χ2n) is 6.87. The Bertz CT molecular complexity index is 1290. The lowest BCUT2D eigenvalue weighted by molar-refractivity contribution is 0.0939. The van der Waals surface area contributed by atoms with Gasteiger partial charge in [-0.1, -0.05) is 18.2 Å². The van der Waals surface area contributed by atoms with Gasteiger partial charge in [-0.3, -0.25) is 19.7 Å². The maximum Gasteiger partial charge on any atom is 0.265 e. The van der Waals surface area contributed by atoms with Crippen molar-refractivity contribution < 1.29 is 18.0 Å². The number of amides is 1. The Morgan fingerprint density at radius 3 is 1.97 bits per heavy atom. The van der Waals surface area contributed by atoms with Crippen molar-refractivity contribution in [2.45, 2.75) is 11.8 Å². The summed E-state index contributed by atoms with van der Waals surface area (Å²) in [5, 5.41) is 6.36.